The van der Waals surface area contributed by atoms with Crippen LogP contribution in [0.2, 0.25) is 0 Å². The first-order valence-electron chi connectivity index (χ1n) is 14.9. The number of hydrogen-bond donors (Lipinski definition) is 8. The molecule has 238 valence electrons. The van der Waals surface area contributed by atoms with E-state index < -0.39 is 47.9 Å². The number of nitrogens with two attached hydrogens (primary N) is 2. The summed E-state index contributed by atoms with van der Waals surface area (Å²) in [7, 11) is 0. The van der Waals surface area contributed by atoms with Crippen molar-refractivity contribution in [3.63, 3.8) is 0 Å². The Bertz CT molecular complexity index is 1560. The number of nitrogens with zero attached hydrogens (tertiary/aromatic N) is 1. The minimum Gasteiger partial charge on any atom is -0.480 e. The van der Waals surface area contributed by atoms with Crippen molar-refractivity contribution in [3.8, 4) is 0 Å². The van der Waals surface area contributed by atoms with Crippen LogP contribution in [0, 0.1) is 0 Å². The molecular weight excluding hydrogens is 576 g/mol. The molecule has 3 amide bonds. The van der Waals surface area contributed by atoms with E-state index >= 15 is 0 Å². The first-order chi connectivity index (χ1) is 21.7. The lowest BCUT2D eigenvalue weighted by atomic mass is 10.0. The molecule has 0 bridgehead atoms. The number of carbonyl (C=O) groups excluding carboxylic acids is 3. The number of unbranched alkanes of at least 4 members (excludes halogenated alkanes) is 1. The fourth-order valence-electron chi connectivity index (χ4n) is 5.09. The Morgan fingerprint density at radius 3 is 2.20 bits per heavy atom. The molecule has 0 fully saturated rings. The van der Waals surface area contributed by atoms with Gasteiger partial charge in [0.05, 0.1) is 12.4 Å². The van der Waals surface area contributed by atoms with Crippen molar-refractivity contribution >= 4 is 34.6 Å². The SMILES string of the molecule is NCCCCC(NC(=O)C(N)Cc1cnc[nH]1)C(=O)NC(Cc1ccccc1)C(=O)NC(Cc1c[nH]c2ccccc12)C(=O)O. The van der Waals surface area contributed by atoms with Gasteiger partial charge in [0, 0.05) is 48.3 Å². The lowest BCUT2D eigenvalue weighted by molar-refractivity contribution is -0.142. The molecule has 4 unspecified atom stereocenters. The number of amides is 3. The van der Waals surface area contributed by atoms with E-state index in [1.54, 1.807) is 24.5 Å². The Balaban J connectivity index is 1.50. The van der Waals surface area contributed by atoms with Gasteiger partial charge in [-0.05, 0) is 43.0 Å². The number of carbonyl (C=O) groups is 4. The minimum atomic E-state index is -1.26. The number of carboxylic acid groups (broad SMARTS) is 1. The van der Waals surface area contributed by atoms with E-state index in [9.17, 15) is 24.3 Å². The third-order valence-electron chi connectivity index (χ3n) is 7.54. The fraction of sp³-hybridized carbons (Fsp3) is 0.344. The number of H-pyrrole nitrogens is 2. The summed E-state index contributed by atoms with van der Waals surface area (Å²) in [6.45, 7) is 0.410. The van der Waals surface area contributed by atoms with Gasteiger partial charge in [0.2, 0.25) is 17.7 Å². The van der Waals surface area contributed by atoms with Crippen molar-refractivity contribution in [2.75, 3.05) is 6.54 Å². The summed E-state index contributed by atoms with van der Waals surface area (Å²) in [6.07, 6.45) is 6.53. The second kappa shape index (κ2) is 16.2. The van der Waals surface area contributed by atoms with E-state index in [1.165, 1.54) is 6.33 Å². The summed E-state index contributed by atoms with van der Waals surface area (Å²) < 4.78 is 0. The molecular formula is C32H40N8O5. The van der Waals surface area contributed by atoms with Gasteiger partial charge in [0.15, 0.2) is 0 Å². The number of aliphatic carboxylic acids is 1. The molecule has 0 radical (unpaired) electrons. The molecule has 0 spiro atoms. The second-order valence-electron chi connectivity index (χ2n) is 10.9. The van der Waals surface area contributed by atoms with Crippen LogP contribution in [-0.2, 0) is 38.4 Å². The molecule has 4 rings (SSSR count). The van der Waals surface area contributed by atoms with Gasteiger partial charge in [-0.25, -0.2) is 9.78 Å². The predicted molar refractivity (Wildman–Crippen MR) is 169 cm³/mol. The lowest BCUT2D eigenvalue weighted by Gasteiger charge is -2.25. The average Bonchev–Trinajstić information content (AvgIpc) is 3.70. The van der Waals surface area contributed by atoms with Crippen LogP contribution in [0.25, 0.3) is 10.9 Å². The topological polar surface area (TPSA) is 221 Å². The summed E-state index contributed by atoms with van der Waals surface area (Å²) in [5.41, 5.74) is 14.8. The van der Waals surface area contributed by atoms with Crippen LogP contribution in [0.3, 0.4) is 0 Å². The van der Waals surface area contributed by atoms with E-state index in [0.717, 1.165) is 22.0 Å². The zero-order valence-corrected chi connectivity index (χ0v) is 24.9. The van der Waals surface area contributed by atoms with Crippen molar-refractivity contribution in [1.29, 1.82) is 0 Å². The molecule has 0 aliphatic carbocycles. The maximum absolute atomic E-state index is 13.7. The largest absolute Gasteiger partial charge is 0.480 e. The first kappa shape index (κ1) is 32.9. The summed E-state index contributed by atoms with van der Waals surface area (Å²) in [5.74, 6) is -3.00. The Labute approximate surface area is 260 Å². The number of aromatic nitrogens is 3. The number of hydrogen-bond acceptors (Lipinski definition) is 7. The van der Waals surface area contributed by atoms with Gasteiger partial charge in [-0.3, -0.25) is 14.4 Å². The van der Waals surface area contributed by atoms with Crippen molar-refractivity contribution < 1.29 is 24.3 Å². The molecule has 0 saturated heterocycles. The summed E-state index contributed by atoms with van der Waals surface area (Å²) in [4.78, 5) is 62.5. The maximum Gasteiger partial charge on any atom is 0.326 e. The molecule has 4 aromatic rings. The van der Waals surface area contributed by atoms with Crippen LogP contribution < -0.4 is 27.4 Å². The van der Waals surface area contributed by atoms with Gasteiger partial charge < -0.3 is 42.5 Å². The second-order valence-corrected chi connectivity index (χ2v) is 10.9. The number of imidazole rings is 1. The smallest absolute Gasteiger partial charge is 0.326 e. The molecule has 2 heterocycles. The zero-order chi connectivity index (χ0) is 32.2. The summed E-state index contributed by atoms with van der Waals surface area (Å²) in [6, 6.07) is 12.2. The van der Waals surface area contributed by atoms with Crippen molar-refractivity contribution in [2.45, 2.75) is 62.7 Å². The number of carboxylic acids is 1. The molecule has 4 atom stereocenters. The number of rotatable bonds is 17. The molecule has 10 N–H and O–H groups in total. The number of aromatic amines is 2. The highest BCUT2D eigenvalue weighted by atomic mass is 16.4. The van der Waals surface area contributed by atoms with Crippen molar-refractivity contribution in [3.05, 3.63) is 90.1 Å². The van der Waals surface area contributed by atoms with E-state index in [-0.39, 0.29) is 25.7 Å². The predicted octanol–water partition coefficient (Wildman–Crippen LogP) is 0.914. The quantitative estimate of drug-likeness (QED) is 0.0795. The van der Waals surface area contributed by atoms with Gasteiger partial charge in [-0.1, -0.05) is 48.5 Å². The highest BCUT2D eigenvalue weighted by Crippen LogP contribution is 2.19. The summed E-state index contributed by atoms with van der Waals surface area (Å²) in [5, 5.41) is 19.0. The monoisotopic (exact) mass is 616 g/mol. The third-order valence-corrected chi connectivity index (χ3v) is 7.54. The number of para-hydroxylation sites is 1. The van der Waals surface area contributed by atoms with Crippen molar-refractivity contribution in [1.82, 2.24) is 30.9 Å². The van der Waals surface area contributed by atoms with Crippen molar-refractivity contribution in [2.24, 2.45) is 11.5 Å². The number of nitrogens with one attached hydrogen (secondary N) is 5. The summed E-state index contributed by atoms with van der Waals surface area (Å²) >= 11 is 0. The van der Waals surface area contributed by atoms with E-state index in [1.807, 2.05) is 42.5 Å². The first-order valence-corrected chi connectivity index (χ1v) is 14.9. The van der Waals surface area contributed by atoms with Gasteiger partial charge in [-0.15, -0.1) is 0 Å². The molecule has 0 aliphatic rings. The molecule has 2 aromatic carbocycles. The maximum atomic E-state index is 13.7. The molecule has 13 heteroatoms. The highest BCUT2D eigenvalue weighted by molar-refractivity contribution is 5.94. The zero-order valence-electron chi connectivity index (χ0n) is 24.9. The van der Waals surface area contributed by atoms with Crippen LogP contribution in [0.4, 0.5) is 0 Å². The fourth-order valence-corrected chi connectivity index (χ4v) is 5.09. The normalized spacial score (nSPS) is 13.8. The minimum absolute atomic E-state index is 0.0308. The standard InChI is InChI=1S/C32H40N8O5/c33-13-7-6-12-26(38-29(41)24(34)16-22-18-35-19-37-22)30(42)39-27(14-20-8-2-1-3-9-20)31(43)40-28(32(44)45)15-21-17-36-25-11-5-4-10-23(21)25/h1-5,8-11,17-19,24,26-28,36H,6-7,12-16,33-34H2,(H,35,37)(H,38,41)(H,39,42)(H,40,43)(H,44,45). The Morgan fingerprint density at radius 2 is 1.49 bits per heavy atom. The van der Waals surface area contributed by atoms with Crippen LogP contribution in [0.15, 0.2) is 73.3 Å². The van der Waals surface area contributed by atoms with E-state index in [4.69, 9.17) is 11.5 Å². The molecule has 0 saturated carbocycles. The van der Waals surface area contributed by atoms with Gasteiger partial charge >= 0.3 is 5.97 Å². The van der Waals surface area contributed by atoms with Gasteiger partial charge in [0.25, 0.3) is 0 Å². The van der Waals surface area contributed by atoms with Gasteiger partial charge in [0.1, 0.15) is 18.1 Å². The molecule has 0 aliphatic heterocycles. The van der Waals surface area contributed by atoms with Crippen LogP contribution in [0.5, 0.6) is 0 Å². The Morgan fingerprint density at radius 1 is 0.800 bits per heavy atom. The third kappa shape index (κ3) is 9.49. The molecule has 2 aromatic heterocycles. The Hall–Kier alpha value is -5.01. The van der Waals surface area contributed by atoms with E-state index in [2.05, 4.69) is 30.9 Å². The van der Waals surface area contributed by atoms with Gasteiger partial charge in [-0.2, -0.15) is 0 Å². The number of benzene rings is 2. The van der Waals surface area contributed by atoms with Crippen LogP contribution in [0.1, 0.15) is 36.1 Å². The van der Waals surface area contributed by atoms with E-state index in [0.29, 0.717) is 25.1 Å². The molecule has 45 heavy (non-hydrogen) atoms. The number of fused-ring (bicyclic) bond motifs is 1. The van der Waals surface area contributed by atoms with Crippen LogP contribution >= 0.6 is 0 Å². The molecule has 13 nitrogen and oxygen atoms in total. The van der Waals surface area contributed by atoms with Crippen LogP contribution in [-0.4, -0.2) is 74.5 Å². The Kier molecular flexibility index (Phi) is 11.8. The highest BCUT2D eigenvalue weighted by Gasteiger charge is 2.31. The average molecular weight is 617 g/mol. The lowest BCUT2D eigenvalue weighted by Crippen LogP contribution is -2.58.